The lowest BCUT2D eigenvalue weighted by atomic mass is 10.4. The van der Waals surface area contributed by atoms with Gasteiger partial charge < -0.3 is 18.9 Å². The first-order chi connectivity index (χ1) is 13.2. The highest BCUT2D eigenvalue weighted by Crippen LogP contribution is 2.24. The zero-order valence-electron chi connectivity index (χ0n) is 14.6. The first-order valence-corrected chi connectivity index (χ1v) is 9.20. The van der Waals surface area contributed by atoms with Gasteiger partial charge in [0, 0.05) is 6.54 Å². The average molecular weight is 390 g/mol. The molecule has 3 heterocycles. The van der Waals surface area contributed by atoms with E-state index in [-0.39, 0.29) is 18.9 Å². The van der Waals surface area contributed by atoms with Crippen molar-refractivity contribution in [3.05, 3.63) is 42.6 Å². The minimum atomic E-state index is -0.515. The van der Waals surface area contributed by atoms with Crippen LogP contribution in [0.2, 0.25) is 0 Å². The Morgan fingerprint density at radius 1 is 1.22 bits per heavy atom. The molecule has 0 aromatic carbocycles. The van der Waals surface area contributed by atoms with Gasteiger partial charge in [0.15, 0.2) is 23.3 Å². The Labute approximate surface area is 159 Å². The summed E-state index contributed by atoms with van der Waals surface area (Å²) in [5.74, 6) is 0.918. The molecule has 0 spiro atoms. The monoisotopic (exact) mass is 390 g/mol. The van der Waals surface area contributed by atoms with Crippen LogP contribution in [0.4, 0.5) is 0 Å². The number of nitrogens with one attached hydrogen (secondary N) is 1. The first-order valence-electron chi connectivity index (χ1n) is 8.22. The van der Waals surface area contributed by atoms with E-state index in [0.29, 0.717) is 29.0 Å². The highest BCUT2D eigenvalue weighted by atomic mass is 32.2. The number of carbonyl (C=O) groups is 2. The standard InChI is InChI=1S/C17H18N4O5S/c1-2-21-16(13-6-4-8-25-13)19-20-17(21)27-11-15(23)26-10-14(22)18-9-12-5-3-7-24-12/h3-8H,2,9-11H2,1H3,(H,18,22). The summed E-state index contributed by atoms with van der Waals surface area (Å²) >= 11 is 1.19. The van der Waals surface area contributed by atoms with Gasteiger partial charge in [0.2, 0.25) is 0 Å². The van der Waals surface area contributed by atoms with Crippen molar-refractivity contribution >= 4 is 23.6 Å². The Morgan fingerprint density at radius 3 is 2.74 bits per heavy atom. The Balaban J connectivity index is 1.44. The quantitative estimate of drug-likeness (QED) is 0.437. The van der Waals surface area contributed by atoms with Gasteiger partial charge in [-0.05, 0) is 31.2 Å². The molecule has 3 rings (SSSR count). The normalized spacial score (nSPS) is 10.7. The number of ether oxygens (including phenoxy) is 1. The molecule has 142 valence electrons. The van der Waals surface area contributed by atoms with E-state index < -0.39 is 11.9 Å². The Morgan fingerprint density at radius 2 is 2.04 bits per heavy atom. The minimum absolute atomic E-state index is 0.0156. The van der Waals surface area contributed by atoms with Crippen LogP contribution < -0.4 is 5.32 Å². The topological polar surface area (TPSA) is 112 Å². The summed E-state index contributed by atoms with van der Waals surface area (Å²) in [6.07, 6.45) is 3.08. The van der Waals surface area contributed by atoms with Gasteiger partial charge in [-0.2, -0.15) is 0 Å². The number of thioether (sulfide) groups is 1. The fraction of sp³-hybridized carbons (Fsp3) is 0.294. The molecule has 3 aromatic heterocycles. The fourth-order valence-electron chi connectivity index (χ4n) is 2.23. The van der Waals surface area contributed by atoms with Crippen LogP contribution in [0.5, 0.6) is 0 Å². The number of rotatable bonds is 9. The van der Waals surface area contributed by atoms with E-state index in [0.717, 1.165) is 0 Å². The van der Waals surface area contributed by atoms with E-state index in [2.05, 4.69) is 15.5 Å². The molecule has 1 N–H and O–H groups in total. The summed E-state index contributed by atoms with van der Waals surface area (Å²) in [4.78, 5) is 23.5. The summed E-state index contributed by atoms with van der Waals surface area (Å²) < 4.78 is 17.2. The molecule has 1 amide bonds. The van der Waals surface area contributed by atoms with Crippen LogP contribution in [0.15, 0.2) is 50.8 Å². The lowest BCUT2D eigenvalue weighted by molar-refractivity contribution is -0.146. The minimum Gasteiger partial charge on any atom is -0.467 e. The molecule has 0 aliphatic rings. The average Bonchev–Trinajstić information content (AvgIpc) is 3.43. The van der Waals surface area contributed by atoms with Gasteiger partial charge in [0.1, 0.15) is 5.76 Å². The molecular formula is C17H18N4O5S. The predicted molar refractivity (Wildman–Crippen MR) is 95.6 cm³/mol. The van der Waals surface area contributed by atoms with Crippen molar-refractivity contribution in [3.8, 4) is 11.6 Å². The summed E-state index contributed by atoms with van der Waals surface area (Å²) in [6, 6.07) is 7.03. The van der Waals surface area contributed by atoms with Crippen LogP contribution in [0.25, 0.3) is 11.6 Å². The molecule has 0 aliphatic carbocycles. The number of nitrogens with zero attached hydrogens (tertiary/aromatic N) is 3. The number of hydrogen-bond donors (Lipinski definition) is 1. The second kappa shape index (κ2) is 9.08. The second-order valence-electron chi connectivity index (χ2n) is 5.33. The van der Waals surface area contributed by atoms with Crippen molar-refractivity contribution in [3.63, 3.8) is 0 Å². The van der Waals surface area contributed by atoms with Crippen molar-refractivity contribution in [2.45, 2.75) is 25.2 Å². The van der Waals surface area contributed by atoms with Crippen LogP contribution >= 0.6 is 11.8 Å². The van der Waals surface area contributed by atoms with Crippen LogP contribution in [0.1, 0.15) is 12.7 Å². The molecule has 0 unspecified atom stereocenters. The lowest BCUT2D eigenvalue weighted by Gasteiger charge is -2.07. The van der Waals surface area contributed by atoms with E-state index in [1.807, 2.05) is 11.5 Å². The van der Waals surface area contributed by atoms with E-state index in [9.17, 15) is 9.59 Å². The van der Waals surface area contributed by atoms with Gasteiger partial charge in [-0.3, -0.25) is 14.2 Å². The molecule has 9 nitrogen and oxygen atoms in total. The predicted octanol–water partition coefficient (Wildman–Crippen LogP) is 2.10. The smallest absolute Gasteiger partial charge is 0.316 e. The largest absolute Gasteiger partial charge is 0.467 e. The maximum Gasteiger partial charge on any atom is 0.316 e. The third-order valence-corrected chi connectivity index (χ3v) is 4.44. The molecule has 0 bridgehead atoms. The van der Waals surface area contributed by atoms with E-state index in [1.54, 1.807) is 30.5 Å². The van der Waals surface area contributed by atoms with Crippen LogP contribution in [0, 0.1) is 0 Å². The summed E-state index contributed by atoms with van der Waals surface area (Å²) in [5, 5.41) is 11.4. The fourth-order valence-corrected chi connectivity index (χ4v) is 3.03. The van der Waals surface area contributed by atoms with E-state index in [1.165, 1.54) is 18.0 Å². The maximum atomic E-state index is 11.9. The first kappa shape index (κ1) is 18.8. The number of carbonyl (C=O) groups excluding carboxylic acids is 2. The number of esters is 1. The van der Waals surface area contributed by atoms with Gasteiger partial charge >= 0.3 is 5.97 Å². The van der Waals surface area contributed by atoms with Gasteiger partial charge in [-0.15, -0.1) is 10.2 Å². The zero-order valence-corrected chi connectivity index (χ0v) is 15.4. The van der Waals surface area contributed by atoms with Gasteiger partial charge in [0.05, 0.1) is 24.8 Å². The molecule has 0 fully saturated rings. The molecule has 10 heteroatoms. The van der Waals surface area contributed by atoms with Crippen molar-refractivity contribution in [1.29, 1.82) is 0 Å². The summed E-state index contributed by atoms with van der Waals surface area (Å²) in [5.41, 5.74) is 0. The van der Waals surface area contributed by atoms with Crippen molar-refractivity contribution in [1.82, 2.24) is 20.1 Å². The summed E-state index contributed by atoms with van der Waals surface area (Å²) in [7, 11) is 0. The third kappa shape index (κ3) is 5.00. The highest BCUT2D eigenvalue weighted by molar-refractivity contribution is 7.99. The van der Waals surface area contributed by atoms with Crippen LogP contribution in [0.3, 0.4) is 0 Å². The van der Waals surface area contributed by atoms with Gasteiger partial charge in [-0.1, -0.05) is 11.8 Å². The summed E-state index contributed by atoms with van der Waals surface area (Å²) in [6.45, 7) is 2.46. The molecule has 0 aliphatic heterocycles. The van der Waals surface area contributed by atoms with E-state index >= 15 is 0 Å². The Hall–Kier alpha value is -3.01. The molecule has 3 aromatic rings. The van der Waals surface area contributed by atoms with Crippen molar-refractivity contribution in [2.24, 2.45) is 0 Å². The molecular weight excluding hydrogens is 372 g/mol. The number of hydrogen-bond acceptors (Lipinski definition) is 8. The van der Waals surface area contributed by atoms with E-state index in [4.69, 9.17) is 13.6 Å². The number of furan rings is 2. The Kier molecular flexibility index (Phi) is 6.31. The zero-order chi connectivity index (χ0) is 19.1. The van der Waals surface area contributed by atoms with Crippen molar-refractivity contribution in [2.75, 3.05) is 12.4 Å². The molecule has 0 saturated heterocycles. The van der Waals surface area contributed by atoms with Crippen LogP contribution in [-0.2, 0) is 27.4 Å². The maximum absolute atomic E-state index is 11.9. The second-order valence-corrected chi connectivity index (χ2v) is 6.28. The van der Waals surface area contributed by atoms with Crippen molar-refractivity contribution < 1.29 is 23.2 Å². The highest BCUT2D eigenvalue weighted by Gasteiger charge is 2.17. The molecule has 0 radical (unpaired) electrons. The number of amides is 1. The molecule has 0 saturated carbocycles. The van der Waals surface area contributed by atoms with Crippen LogP contribution in [-0.4, -0.2) is 39.0 Å². The third-order valence-electron chi connectivity index (χ3n) is 3.50. The van der Waals surface area contributed by atoms with Gasteiger partial charge in [0.25, 0.3) is 5.91 Å². The van der Waals surface area contributed by atoms with Gasteiger partial charge in [-0.25, -0.2) is 0 Å². The number of aromatic nitrogens is 3. The Bertz CT molecular complexity index is 873. The SMILES string of the molecule is CCn1c(SCC(=O)OCC(=O)NCc2ccco2)nnc1-c1ccco1. The molecule has 0 atom stereocenters. The lowest BCUT2D eigenvalue weighted by Crippen LogP contribution is -2.28. The molecule has 27 heavy (non-hydrogen) atoms.